The van der Waals surface area contributed by atoms with Crippen LogP contribution in [0.5, 0.6) is 5.75 Å². The first-order chi connectivity index (χ1) is 9.80. The Kier molecular flexibility index (Phi) is 2.94. The minimum absolute atomic E-state index is 0.188. The zero-order valence-electron chi connectivity index (χ0n) is 13.8. The average molecular weight is 284 g/mol. The number of rotatable bonds is 3. The Morgan fingerprint density at radius 3 is 2.38 bits per heavy atom. The van der Waals surface area contributed by atoms with E-state index in [0.717, 1.165) is 11.6 Å². The van der Waals surface area contributed by atoms with Crippen molar-refractivity contribution in [2.24, 2.45) is 12.5 Å². The zero-order valence-corrected chi connectivity index (χ0v) is 13.8. The van der Waals surface area contributed by atoms with Crippen molar-refractivity contribution in [1.29, 1.82) is 0 Å². The van der Waals surface area contributed by atoms with Crippen LogP contribution in [0.4, 0.5) is 0 Å². The van der Waals surface area contributed by atoms with Crippen molar-refractivity contribution < 1.29 is 4.74 Å². The summed E-state index contributed by atoms with van der Waals surface area (Å²) in [5.41, 5.74) is 4.36. The molecule has 3 heteroatoms. The van der Waals surface area contributed by atoms with Crippen molar-refractivity contribution in [1.82, 2.24) is 9.55 Å². The Balaban J connectivity index is 2.27. The number of hydrogen-bond acceptors (Lipinski definition) is 2. The minimum Gasteiger partial charge on any atom is -0.497 e. The minimum atomic E-state index is 0.188. The smallest absolute Gasteiger partial charge is 0.140 e. The maximum absolute atomic E-state index is 5.50. The van der Waals surface area contributed by atoms with Crippen LogP contribution in [0, 0.1) is 12.3 Å². The standard InChI is InChI=1S/C18H24N2O/c1-12-9-13(21-6)10-14(18(4)11-17(18,2)3)15(12)16-19-7-8-20(16)5/h7-10H,11H2,1-6H3. The van der Waals surface area contributed by atoms with E-state index in [4.69, 9.17) is 4.74 Å². The van der Waals surface area contributed by atoms with Crippen molar-refractivity contribution in [3.63, 3.8) is 0 Å². The molecule has 1 unspecified atom stereocenters. The van der Waals surface area contributed by atoms with Crippen LogP contribution < -0.4 is 4.74 Å². The molecule has 0 saturated heterocycles. The van der Waals surface area contributed by atoms with E-state index in [1.165, 1.54) is 23.1 Å². The summed E-state index contributed by atoms with van der Waals surface area (Å²) in [5, 5.41) is 0. The highest BCUT2D eigenvalue weighted by Gasteiger charge is 2.59. The number of imidazole rings is 1. The van der Waals surface area contributed by atoms with Crippen LogP contribution in [0.2, 0.25) is 0 Å². The highest BCUT2D eigenvalue weighted by atomic mass is 16.5. The van der Waals surface area contributed by atoms with Gasteiger partial charge < -0.3 is 9.30 Å². The predicted molar refractivity (Wildman–Crippen MR) is 85.7 cm³/mol. The van der Waals surface area contributed by atoms with Gasteiger partial charge in [-0.15, -0.1) is 0 Å². The molecule has 1 aromatic carbocycles. The highest BCUT2D eigenvalue weighted by Crippen LogP contribution is 2.65. The molecule has 0 aliphatic heterocycles. The van der Waals surface area contributed by atoms with Gasteiger partial charge in [0, 0.05) is 25.0 Å². The maximum Gasteiger partial charge on any atom is 0.140 e. The lowest BCUT2D eigenvalue weighted by Gasteiger charge is -2.22. The van der Waals surface area contributed by atoms with Crippen LogP contribution in [0.25, 0.3) is 11.4 Å². The Bertz CT molecular complexity index is 699. The molecule has 21 heavy (non-hydrogen) atoms. The van der Waals surface area contributed by atoms with Gasteiger partial charge in [-0.3, -0.25) is 0 Å². The van der Waals surface area contributed by atoms with Crippen molar-refractivity contribution in [3.8, 4) is 17.1 Å². The summed E-state index contributed by atoms with van der Waals surface area (Å²) >= 11 is 0. The SMILES string of the molecule is COc1cc(C)c(-c2nccn2C)c(C2(C)CC2(C)C)c1. The molecule has 2 aromatic rings. The largest absolute Gasteiger partial charge is 0.497 e. The number of nitrogens with zero attached hydrogens (tertiary/aromatic N) is 2. The second-order valence-electron chi connectivity index (χ2n) is 7.12. The first kappa shape index (κ1) is 14.2. The molecule has 1 heterocycles. The van der Waals surface area contributed by atoms with Gasteiger partial charge in [0.25, 0.3) is 0 Å². The molecular formula is C18H24N2O. The Labute approximate surface area is 127 Å². The molecule has 1 aliphatic rings. The Hall–Kier alpha value is -1.77. The number of aromatic nitrogens is 2. The van der Waals surface area contributed by atoms with Crippen molar-refractivity contribution >= 4 is 0 Å². The molecule has 112 valence electrons. The molecule has 1 atom stereocenters. The van der Waals surface area contributed by atoms with Gasteiger partial charge in [-0.25, -0.2) is 4.98 Å². The first-order valence-electron chi connectivity index (χ1n) is 7.47. The second kappa shape index (κ2) is 4.36. The molecule has 1 saturated carbocycles. The van der Waals surface area contributed by atoms with Crippen LogP contribution >= 0.6 is 0 Å². The highest BCUT2D eigenvalue weighted by molar-refractivity contribution is 5.70. The van der Waals surface area contributed by atoms with Crippen molar-refractivity contribution in [3.05, 3.63) is 35.7 Å². The fourth-order valence-electron chi connectivity index (χ4n) is 3.51. The van der Waals surface area contributed by atoms with E-state index in [2.05, 4.69) is 56.4 Å². The van der Waals surface area contributed by atoms with E-state index in [0.29, 0.717) is 5.41 Å². The van der Waals surface area contributed by atoms with Gasteiger partial charge in [-0.1, -0.05) is 20.8 Å². The van der Waals surface area contributed by atoms with E-state index in [-0.39, 0.29) is 5.41 Å². The molecule has 0 bridgehead atoms. The third-order valence-electron chi connectivity index (χ3n) is 5.35. The lowest BCUT2D eigenvalue weighted by molar-refractivity contribution is 0.412. The summed E-state index contributed by atoms with van der Waals surface area (Å²) < 4.78 is 7.60. The molecule has 3 nitrogen and oxygen atoms in total. The zero-order chi connectivity index (χ0) is 15.4. The molecule has 0 N–H and O–H groups in total. The quantitative estimate of drug-likeness (QED) is 0.848. The Morgan fingerprint density at radius 2 is 1.90 bits per heavy atom. The van der Waals surface area contributed by atoms with E-state index in [1.807, 2.05) is 12.4 Å². The summed E-state index contributed by atoms with van der Waals surface area (Å²) in [7, 11) is 3.79. The van der Waals surface area contributed by atoms with Gasteiger partial charge in [-0.05, 0) is 47.4 Å². The van der Waals surface area contributed by atoms with Crippen LogP contribution in [0.3, 0.4) is 0 Å². The topological polar surface area (TPSA) is 27.1 Å². The maximum atomic E-state index is 5.50. The van der Waals surface area contributed by atoms with Crippen LogP contribution in [0.1, 0.15) is 38.3 Å². The molecular weight excluding hydrogens is 260 g/mol. The molecule has 0 radical (unpaired) electrons. The van der Waals surface area contributed by atoms with Gasteiger partial charge in [0.1, 0.15) is 11.6 Å². The number of methoxy groups -OCH3 is 1. The summed E-state index contributed by atoms with van der Waals surface area (Å²) in [6.07, 6.45) is 5.07. The second-order valence-corrected chi connectivity index (χ2v) is 7.12. The van der Waals surface area contributed by atoms with Gasteiger partial charge >= 0.3 is 0 Å². The number of hydrogen-bond donors (Lipinski definition) is 0. The molecule has 0 spiro atoms. The number of aryl methyl sites for hydroxylation is 2. The lowest BCUT2D eigenvalue weighted by Crippen LogP contribution is -2.13. The summed E-state index contributed by atoms with van der Waals surface area (Å²) in [6, 6.07) is 4.30. The monoisotopic (exact) mass is 284 g/mol. The fourth-order valence-corrected chi connectivity index (χ4v) is 3.51. The molecule has 3 rings (SSSR count). The van der Waals surface area contributed by atoms with Crippen molar-refractivity contribution in [2.75, 3.05) is 7.11 Å². The molecule has 1 aliphatic carbocycles. The van der Waals surface area contributed by atoms with Crippen LogP contribution in [-0.4, -0.2) is 16.7 Å². The molecule has 0 amide bonds. The van der Waals surface area contributed by atoms with Gasteiger partial charge in [0.2, 0.25) is 0 Å². The predicted octanol–water partition coefficient (Wildman–Crippen LogP) is 4.09. The third-order valence-corrected chi connectivity index (χ3v) is 5.35. The summed E-state index contributed by atoms with van der Waals surface area (Å²) in [5.74, 6) is 1.97. The van der Waals surface area contributed by atoms with Crippen molar-refractivity contribution in [2.45, 2.75) is 39.5 Å². The van der Waals surface area contributed by atoms with Gasteiger partial charge in [-0.2, -0.15) is 0 Å². The van der Waals surface area contributed by atoms with Gasteiger partial charge in [0.15, 0.2) is 0 Å². The van der Waals surface area contributed by atoms with E-state index >= 15 is 0 Å². The third kappa shape index (κ3) is 1.98. The van der Waals surface area contributed by atoms with Crippen LogP contribution in [-0.2, 0) is 12.5 Å². The first-order valence-corrected chi connectivity index (χ1v) is 7.47. The summed E-state index contributed by atoms with van der Waals surface area (Å²) in [4.78, 5) is 4.57. The van der Waals surface area contributed by atoms with E-state index in [1.54, 1.807) is 7.11 Å². The number of ether oxygens (including phenoxy) is 1. The summed E-state index contributed by atoms with van der Waals surface area (Å²) in [6.45, 7) is 9.18. The van der Waals surface area contributed by atoms with E-state index in [9.17, 15) is 0 Å². The van der Waals surface area contributed by atoms with E-state index < -0.39 is 0 Å². The fraction of sp³-hybridized carbons (Fsp3) is 0.500. The lowest BCUT2D eigenvalue weighted by atomic mass is 9.84. The molecule has 1 aromatic heterocycles. The average Bonchev–Trinajstić information content (AvgIpc) is 2.73. The number of benzene rings is 1. The Morgan fingerprint density at radius 1 is 1.24 bits per heavy atom. The van der Waals surface area contributed by atoms with Gasteiger partial charge in [0.05, 0.1) is 7.11 Å². The van der Waals surface area contributed by atoms with Crippen LogP contribution in [0.15, 0.2) is 24.5 Å². The normalized spacial score (nSPS) is 23.1. The molecule has 1 fully saturated rings.